The summed E-state index contributed by atoms with van der Waals surface area (Å²) in [6, 6.07) is 15.7. The maximum atomic E-state index is 13.5. The number of pyridine rings is 1. The van der Waals surface area contributed by atoms with Crippen molar-refractivity contribution in [3.05, 3.63) is 81.1 Å². The Morgan fingerprint density at radius 2 is 1.77 bits per heavy atom. The Labute approximate surface area is 214 Å². The molecular weight excluding hydrogens is 478 g/mol. The van der Waals surface area contributed by atoms with Crippen LogP contribution in [0.5, 0.6) is 0 Å². The van der Waals surface area contributed by atoms with Gasteiger partial charge in [-0.05, 0) is 43.7 Å². The summed E-state index contributed by atoms with van der Waals surface area (Å²) >= 11 is 6.79. The van der Waals surface area contributed by atoms with Gasteiger partial charge in [-0.15, -0.1) is 0 Å². The van der Waals surface area contributed by atoms with Gasteiger partial charge in [-0.1, -0.05) is 60.4 Å². The van der Waals surface area contributed by atoms with E-state index in [1.807, 2.05) is 36.4 Å². The minimum absolute atomic E-state index is 0.144. The SMILES string of the molecule is CN1CCN(c2nc3ccccn3c(=O)c2/C=C2\SC(=S)N(CCCc3ccccc3)C2=O)CC1. The van der Waals surface area contributed by atoms with Crippen molar-refractivity contribution in [3.63, 3.8) is 0 Å². The number of carbonyl (C=O) groups is 1. The summed E-state index contributed by atoms with van der Waals surface area (Å²) in [5.74, 6) is 0.485. The topological polar surface area (TPSA) is 61.2 Å². The second-order valence-corrected chi connectivity index (χ2v) is 10.5. The van der Waals surface area contributed by atoms with E-state index in [1.165, 1.54) is 21.7 Å². The second-order valence-electron chi connectivity index (χ2n) is 8.80. The fourth-order valence-electron chi connectivity index (χ4n) is 4.39. The quantitative estimate of drug-likeness (QED) is 0.376. The number of aromatic nitrogens is 2. The van der Waals surface area contributed by atoms with E-state index < -0.39 is 0 Å². The van der Waals surface area contributed by atoms with Gasteiger partial charge in [0.05, 0.1) is 10.5 Å². The molecule has 3 aromatic rings. The predicted octanol–water partition coefficient (Wildman–Crippen LogP) is 3.28. The Kier molecular flexibility index (Phi) is 6.99. The number of carbonyl (C=O) groups excluding carboxylic acids is 1. The van der Waals surface area contributed by atoms with Gasteiger partial charge in [0.2, 0.25) is 0 Å². The Morgan fingerprint density at radius 3 is 2.54 bits per heavy atom. The van der Waals surface area contributed by atoms with Crippen LogP contribution in [0.25, 0.3) is 11.7 Å². The van der Waals surface area contributed by atoms with Crippen LogP contribution < -0.4 is 10.5 Å². The van der Waals surface area contributed by atoms with Gasteiger partial charge in [0, 0.05) is 38.9 Å². The lowest BCUT2D eigenvalue weighted by Gasteiger charge is -2.34. The molecule has 0 spiro atoms. The summed E-state index contributed by atoms with van der Waals surface area (Å²) in [6.07, 6.45) is 5.10. The van der Waals surface area contributed by atoms with E-state index in [9.17, 15) is 9.59 Å². The number of nitrogens with zero attached hydrogens (tertiary/aromatic N) is 5. The maximum absolute atomic E-state index is 13.5. The zero-order valence-electron chi connectivity index (χ0n) is 19.6. The summed E-state index contributed by atoms with van der Waals surface area (Å²) in [7, 11) is 2.09. The number of piperazine rings is 1. The van der Waals surface area contributed by atoms with E-state index in [-0.39, 0.29) is 11.5 Å². The van der Waals surface area contributed by atoms with Crippen molar-refractivity contribution in [1.82, 2.24) is 19.2 Å². The first-order valence-corrected chi connectivity index (χ1v) is 13.0. The van der Waals surface area contributed by atoms with E-state index in [0.29, 0.717) is 32.8 Å². The molecule has 0 unspecified atom stereocenters. The average Bonchev–Trinajstić information content (AvgIpc) is 3.14. The van der Waals surface area contributed by atoms with Crippen LogP contribution in [0.1, 0.15) is 17.5 Å². The van der Waals surface area contributed by atoms with Gasteiger partial charge >= 0.3 is 0 Å². The molecule has 180 valence electrons. The Morgan fingerprint density at radius 1 is 1.03 bits per heavy atom. The molecule has 2 aliphatic heterocycles. The molecule has 0 atom stereocenters. The molecule has 0 N–H and O–H groups in total. The number of thiocarbonyl (C=S) groups is 1. The fourth-order valence-corrected chi connectivity index (χ4v) is 5.68. The van der Waals surface area contributed by atoms with Crippen molar-refractivity contribution in [2.24, 2.45) is 0 Å². The van der Waals surface area contributed by atoms with Gasteiger partial charge < -0.3 is 9.80 Å². The van der Waals surface area contributed by atoms with Gasteiger partial charge in [0.15, 0.2) is 0 Å². The van der Waals surface area contributed by atoms with Crippen molar-refractivity contribution in [2.45, 2.75) is 12.8 Å². The van der Waals surface area contributed by atoms with Gasteiger partial charge in [-0.3, -0.25) is 18.9 Å². The summed E-state index contributed by atoms with van der Waals surface area (Å²) in [6.45, 7) is 3.87. The molecular formula is C26H27N5O2S2. The molecule has 0 radical (unpaired) electrons. The highest BCUT2D eigenvalue weighted by Crippen LogP contribution is 2.33. The Bertz CT molecular complexity index is 1350. The van der Waals surface area contributed by atoms with Crippen LogP contribution >= 0.6 is 24.0 Å². The lowest BCUT2D eigenvalue weighted by Crippen LogP contribution is -2.45. The zero-order valence-corrected chi connectivity index (χ0v) is 21.2. The van der Waals surface area contributed by atoms with E-state index in [2.05, 4.69) is 29.0 Å². The number of aryl methyl sites for hydroxylation is 1. The second kappa shape index (κ2) is 10.3. The molecule has 1 aromatic carbocycles. The van der Waals surface area contributed by atoms with Crippen molar-refractivity contribution < 1.29 is 4.79 Å². The predicted molar refractivity (Wildman–Crippen MR) is 146 cm³/mol. The highest BCUT2D eigenvalue weighted by molar-refractivity contribution is 8.26. The van der Waals surface area contributed by atoms with Crippen molar-refractivity contribution in [2.75, 3.05) is 44.7 Å². The Hall–Kier alpha value is -3.01. The number of fused-ring (bicyclic) bond motifs is 1. The highest BCUT2D eigenvalue weighted by Gasteiger charge is 2.32. The molecule has 2 saturated heterocycles. The number of thioether (sulfide) groups is 1. The number of hydrogen-bond acceptors (Lipinski definition) is 7. The highest BCUT2D eigenvalue weighted by atomic mass is 32.2. The molecule has 9 heteroatoms. The third-order valence-corrected chi connectivity index (χ3v) is 7.77. The number of rotatable bonds is 6. The molecule has 2 fully saturated rings. The lowest BCUT2D eigenvalue weighted by molar-refractivity contribution is -0.122. The van der Waals surface area contributed by atoms with Gasteiger partial charge in [-0.2, -0.15) is 0 Å². The number of likely N-dealkylation sites (N-methyl/N-ethyl adjacent to an activating group) is 1. The molecule has 1 amide bonds. The van der Waals surface area contributed by atoms with E-state index >= 15 is 0 Å². The normalized spacial score (nSPS) is 18.3. The van der Waals surface area contributed by atoms with E-state index in [0.717, 1.165) is 39.0 Å². The number of anilines is 1. The molecule has 0 saturated carbocycles. The van der Waals surface area contributed by atoms with Crippen molar-refractivity contribution in [3.8, 4) is 0 Å². The number of amides is 1. The van der Waals surface area contributed by atoms with Crippen LogP contribution in [0, 0.1) is 0 Å². The monoisotopic (exact) mass is 505 g/mol. The van der Waals surface area contributed by atoms with Crippen LogP contribution in [-0.2, 0) is 11.2 Å². The first-order valence-electron chi connectivity index (χ1n) is 11.8. The minimum atomic E-state index is -0.182. The van der Waals surface area contributed by atoms with Crippen LogP contribution in [-0.4, -0.2) is 69.2 Å². The summed E-state index contributed by atoms with van der Waals surface area (Å²) in [5, 5.41) is 0. The zero-order chi connectivity index (χ0) is 24.4. The molecule has 4 heterocycles. The van der Waals surface area contributed by atoms with Gasteiger partial charge in [0.1, 0.15) is 15.8 Å². The molecule has 0 aliphatic carbocycles. The molecule has 7 nitrogen and oxygen atoms in total. The van der Waals surface area contributed by atoms with Crippen LogP contribution in [0.4, 0.5) is 5.82 Å². The molecule has 2 aliphatic rings. The molecule has 35 heavy (non-hydrogen) atoms. The molecule has 0 bridgehead atoms. The van der Waals surface area contributed by atoms with Crippen molar-refractivity contribution >= 4 is 51.7 Å². The lowest BCUT2D eigenvalue weighted by atomic mass is 10.1. The van der Waals surface area contributed by atoms with Crippen molar-refractivity contribution in [1.29, 1.82) is 0 Å². The summed E-state index contributed by atoms with van der Waals surface area (Å²) in [5.41, 5.74) is 2.08. The summed E-state index contributed by atoms with van der Waals surface area (Å²) in [4.78, 5) is 38.1. The number of benzene rings is 1. The maximum Gasteiger partial charge on any atom is 0.267 e. The van der Waals surface area contributed by atoms with E-state index in [1.54, 1.807) is 17.2 Å². The van der Waals surface area contributed by atoms with Gasteiger partial charge in [0.25, 0.3) is 11.5 Å². The first kappa shape index (κ1) is 23.7. The van der Waals surface area contributed by atoms with Gasteiger partial charge in [-0.25, -0.2) is 4.98 Å². The fraction of sp³-hybridized carbons (Fsp3) is 0.308. The Balaban J connectivity index is 1.44. The standard InChI is InChI=1S/C26H27N5O2S2/c1-28-14-16-29(17-15-28)23-20(24(32)30-12-6-5-11-22(30)27-23)18-21-25(33)31(26(34)35-21)13-7-10-19-8-3-2-4-9-19/h2-6,8-9,11-12,18H,7,10,13-17H2,1H3/b21-18-. The average molecular weight is 506 g/mol. The molecule has 5 rings (SSSR count). The first-order chi connectivity index (χ1) is 17.0. The van der Waals surface area contributed by atoms with Crippen LogP contribution in [0.2, 0.25) is 0 Å². The van der Waals surface area contributed by atoms with E-state index in [4.69, 9.17) is 17.2 Å². The summed E-state index contributed by atoms with van der Waals surface area (Å²) < 4.78 is 2.07. The third-order valence-electron chi connectivity index (χ3n) is 6.39. The largest absolute Gasteiger partial charge is 0.353 e. The number of hydrogen-bond donors (Lipinski definition) is 0. The van der Waals surface area contributed by atoms with Crippen LogP contribution in [0.15, 0.2) is 64.4 Å². The smallest absolute Gasteiger partial charge is 0.267 e. The minimum Gasteiger partial charge on any atom is -0.353 e. The molecule has 2 aromatic heterocycles. The third kappa shape index (κ3) is 5.03. The van der Waals surface area contributed by atoms with Crippen LogP contribution in [0.3, 0.4) is 0 Å².